The number of aryl methyl sites for hydroxylation is 1. The van der Waals surface area contributed by atoms with Crippen molar-refractivity contribution in [1.29, 1.82) is 0 Å². The summed E-state index contributed by atoms with van der Waals surface area (Å²) in [7, 11) is 0. The van der Waals surface area contributed by atoms with E-state index in [1.165, 1.54) is 36.0 Å². The Morgan fingerprint density at radius 3 is 2.39 bits per heavy atom. The lowest BCUT2D eigenvalue weighted by molar-refractivity contribution is 0.102. The van der Waals surface area contributed by atoms with Crippen molar-refractivity contribution in [2.75, 3.05) is 5.75 Å². The fourth-order valence-corrected chi connectivity index (χ4v) is 3.91. The molecular weight excluding hydrogens is 413 g/mol. The Labute approximate surface area is 183 Å². The summed E-state index contributed by atoms with van der Waals surface area (Å²) >= 11 is 1.30. The summed E-state index contributed by atoms with van der Waals surface area (Å²) in [6.07, 6.45) is 0. The van der Waals surface area contributed by atoms with E-state index in [4.69, 9.17) is 4.74 Å². The zero-order chi connectivity index (χ0) is 21.6. The van der Waals surface area contributed by atoms with Crippen molar-refractivity contribution in [2.45, 2.75) is 18.7 Å². The van der Waals surface area contributed by atoms with Gasteiger partial charge in [0.25, 0.3) is 0 Å². The van der Waals surface area contributed by atoms with Crippen LogP contribution in [0, 0.1) is 12.7 Å². The molecule has 0 atom stereocenters. The van der Waals surface area contributed by atoms with Gasteiger partial charge in [-0.25, -0.2) is 4.39 Å². The molecule has 0 aliphatic heterocycles. The minimum absolute atomic E-state index is 0.0955. The van der Waals surface area contributed by atoms with E-state index in [0.29, 0.717) is 17.3 Å². The van der Waals surface area contributed by atoms with Gasteiger partial charge in [-0.05, 0) is 61.0 Å². The summed E-state index contributed by atoms with van der Waals surface area (Å²) in [5.74, 6) is 1.20. The minimum Gasteiger partial charge on any atom is -0.489 e. The van der Waals surface area contributed by atoms with Crippen LogP contribution in [0.25, 0.3) is 5.69 Å². The van der Waals surface area contributed by atoms with Gasteiger partial charge < -0.3 is 4.74 Å². The predicted octanol–water partition coefficient (Wildman–Crippen LogP) is 5.27. The summed E-state index contributed by atoms with van der Waals surface area (Å²) < 4.78 is 20.8. The number of ether oxygens (including phenoxy) is 1. The molecule has 0 N–H and O–H groups in total. The first-order valence-electron chi connectivity index (χ1n) is 9.71. The van der Waals surface area contributed by atoms with Gasteiger partial charge in [0.2, 0.25) is 0 Å². The number of Topliss-reactive ketones (excluding diaryl/α,β-unsaturated/α-hetero) is 1. The third-order valence-electron chi connectivity index (χ3n) is 4.64. The molecule has 4 aromatic rings. The molecule has 3 aromatic carbocycles. The van der Waals surface area contributed by atoms with E-state index in [1.54, 1.807) is 0 Å². The van der Waals surface area contributed by atoms with Gasteiger partial charge >= 0.3 is 0 Å². The van der Waals surface area contributed by atoms with Crippen LogP contribution in [0.2, 0.25) is 0 Å². The van der Waals surface area contributed by atoms with Crippen molar-refractivity contribution in [3.05, 3.63) is 102 Å². The monoisotopic (exact) mass is 433 g/mol. The van der Waals surface area contributed by atoms with Gasteiger partial charge in [-0.3, -0.25) is 9.36 Å². The van der Waals surface area contributed by atoms with E-state index in [-0.39, 0.29) is 17.4 Å². The van der Waals surface area contributed by atoms with Crippen LogP contribution in [0.15, 0.2) is 84.0 Å². The fraction of sp³-hybridized carbons (Fsp3) is 0.125. The second-order valence-corrected chi connectivity index (χ2v) is 7.79. The molecule has 0 amide bonds. The molecular formula is C24H20FN3O2S. The molecule has 0 saturated heterocycles. The molecule has 5 nitrogen and oxygen atoms in total. The predicted molar refractivity (Wildman–Crippen MR) is 118 cm³/mol. The van der Waals surface area contributed by atoms with Crippen LogP contribution < -0.4 is 4.74 Å². The third-order valence-corrected chi connectivity index (χ3v) is 5.57. The molecule has 0 aliphatic carbocycles. The second-order valence-electron chi connectivity index (χ2n) is 6.85. The van der Waals surface area contributed by atoms with E-state index in [9.17, 15) is 9.18 Å². The largest absolute Gasteiger partial charge is 0.489 e. The summed E-state index contributed by atoms with van der Waals surface area (Å²) in [5, 5.41) is 8.97. The number of hydrogen-bond donors (Lipinski definition) is 0. The Morgan fingerprint density at radius 2 is 1.68 bits per heavy atom. The van der Waals surface area contributed by atoms with Gasteiger partial charge in [0.1, 0.15) is 24.0 Å². The first kappa shape index (κ1) is 20.8. The Kier molecular flexibility index (Phi) is 6.43. The summed E-state index contributed by atoms with van der Waals surface area (Å²) in [6.45, 7) is 2.36. The number of carbonyl (C=O) groups is 1. The Balaban J connectivity index is 1.43. The maximum Gasteiger partial charge on any atom is 0.196 e. The molecule has 0 radical (unpaired) electrons. The Bertz CT molecular complexity index is 1160. The number of thioether (sulfide) groups is 1. The van der Waals surface area contributed by atoms with E-state index < -0.39 is 0 Å². The molecule has 0 bridgehead atoms. The summed E-state index contributed by atoms with van der Waals surface area (Å²) in [6, 6.07) is 23.2. The SMILES string of the molecule is Cc1nnc(SCC(=O)c2ccc(F)cc2)n1-c1ccc(OCc2ccccc2)cc1. The first-order valence-corrected chi connectivity index (χ1v) is 10.7. The van der Waals surface area contributed by atoms with Crippen LogP contribution in [-0.2, 0) is 6.61 Å². The topological polar surface area (TPSA) is 57.0 Å². The van der Waals surface area contributed by atoms with Crippen molar-refractivity contribution in [3.8, 4) is 11.4 Å². The van der Waals surface area contributed by atoms with Gasteiger partial charge in [-0.15, -0.1) is 10.2 Å². The number of rotatable bonds is 8. The molecule has 0 aliphatic rings. The lowest BCUT2D eigenvalue weighted by Crippen LogP contribution is -2.05. The van der Waals surface area contributed by atoms with Gasteiger partial charge in [-0.2, -0.15) is 0 Å². The number of carbonyl (C=O) groups excluding carboxylic acids is 1. The van der Waals surface area contributed by atoms with Crippen LogP contribution in [0.1, 0.15) is 21.7 Å². The van der Waals surface area contributed by atoms with Crippen LogP contribution in [0.4, 0.5) is 4.39 Å². The number of halogens is 1. The molecule has 4 rings (SSSR count). The number of nitrogens with zero attached hydrogens (tertiary/aromatic N) is 3. The number of hydrogen-bond acceptors (Lipinski definition) is 5. The van der Waals surface area contributed by atoms with E-state index in [1.807, 2.05) is 66.1 Å². The zero-order valence-corrected chi connectivity index (χ0v) is 17.7. The summed E-state index contributed by atoms with van der Waals surface area (Å²) in [5.41, 5.74) is 2.45. The summed E-state index contributed by atoms with van der Waals surface area (Å²) in [4.78, 5) is 12.4. The van der Waals surface area contributed by atoms with Gasteiger partial charge in [0.15, 0.2) is 10.9 Å². The van der Waals surface area contributed by atoms with Crippen LogP contribution in [-0.4, -0.2) is 26.3 Å². The van der Waals surface area contributed by atoms with Gasteiger partial charge in [0, 0.05) is 11.3 Å². The van der Waals surface area contributed by atoms with Crippen LogP contribution in [0.5, 0.6) is 5.75 Å². The van der Waals surface area contributed by atoms with Crippen molar-refractivity contribution >= 4 is 17.5 Å². The zero-order valence-electron chi connectivity index (χ0n) is 16.9. The minimum atomic E-state index is -0.365. The third kappa shape index (κ3) is 5.19. The number of aromatic nitrogens is 3. The van der Waals surface area contributed by atoms with Crippen molar-refractivity contribution in [3.63, 3.8) is 0 Å². The van der Waals surface area contributed by atoms with E-state index in [2.05, 4.69) is 10.2 Å². The standard InChI is InChI=1S/C24H20FN3O2S/c1-17-26-27-24(31-16-23(29)19-7-9-20(25)10-8-19)28(17)21-11-13-22(14-12-21)30-15-18-5-3-2-4-6-18/h2-14H,15-16H2,1H3. The smallest absolute Gasteiger partial charge is 0.196 e. The normalized spacial score (nSPS) is 10.8. The molecule has 0 saturated carbocycles. The average Bonchev–Trinajstić information content (AvgIpc) is 3.18. The molecule has 1 aromatic heterocycles. The maximum absolute atomic E-state index is 13.1. The van der Waals surface area contributed by atoms with Crippen molar-refractivity contribution < 1.29 is 13.9 Å². The average molecular weight is 434 g/mol. The van der Waals surface area contributed by atoms with Crippen molar-refractivity contribution in [1.82, 2.24) is 14.8 Å². The fourth-order valence-electron chi connectivity index (χ4n) is 3.02. The molecule has 0 unspecified atom stereocenters. The first-order chi connectivity index (χ1) is 15.1. The molecule has 156 valence electrons. The molecule has 0 spiro atoms. The van der Waals surface area contributed by atoms with Crippen LogP contribution >= 0.6 is 11.8 Å². The highest BCUT2D eigenvalue weighted by Gasteiger charge is 2.14. The molecule has 0 fully saturated rings. The number of ketones is 1. The van der Waals surface area contributed by atoms with Crippen molar-refractivity contribution in [2.24, 2.45) is 0 Å². The quantitative estimate of drug-likeness (QED) is 0.280. The highest BCUT2D eigenvalue weighted by atomic mass is 32.2. The Hall–Kier alpha value is -3.45. The highest BCUT2D eigenvalue weighted by Crippen LogP contribution is 2.24. The maximum atomic E-state index is 13.1. The molecule has 7 heteroatoms. The Morgan fingerprint density at radius 1 is 0.968 bits per heavy atom. The number of benzene rings is 3. The van der Waals surface area contributed by atoms with Gasteiger partial charge in [-0.1, -0.05) is 42.1 Å². The van der Waals surface area contributed by atoms with E-state index >= 15 is 0 Å². The molecule has 1 heterocycles. The van der Waals surface area contributed by atoms with E-state index in [0.717, 1.165) is 22.8 Å². The van der Waals surface area contributed by atoms with Gasteiger partial charge in [0.05, 0.1) is 5.75 Å². The lowest BCUT2D eigenvalue weighted by atomic mass is 10.1. The lowest BCUT2D eigenvalue weighted by Gasteiger charge is -2.10. The van der Waals surface area contributed by atoms with Crippen LogP contribution in [0.3, 0.4) is 0 Å². The molecule has 31 heavy (non-hydrogen) atoms. The second kappa shape index (κ2) is 9.57. The highest BCUT2D eigenvalue weighted by molar-refractivity contribution is 7.99.